The number of nitrogens with zero attached hydrogens (tertiary/aromatic N) is 1. The zero-order valence-corrected chi connectivity index (χ0v) is 19.9. The Morgan fingerprint density at radius 2 is 1.79 bits per heavy atom. The van der Waals surface area contributed by atoms with E-state index >= 15 is 0 Å². The van der Waals surface area contributed by atoms with Crippen molar-refractivity contribution in [3.8, 4) is 11.1 Å². The van der Waals surface area contributed by atoms with Crippen molar-refractivity contribution >= 4 is 26.8 Å². The minimum atomic E-state index is -3.16. The lowest BCUT2D eigenvalue weighted by Crippen LogP contribution is -2.38. The van der Waals surface area contributed by atoms with Crippen LogP contribution in [0.25, 0.3) is 22.0 Å². The molecular weight excluding hydrogens is 434 g/mol. The number of fused-ring (bicyclic) bond motifs is 2. The van der Waals surface area contributed by atoms with E-state index in [0.717, 1.165) is 53.3 Å². The number of hydrogen-bond acceptors (Lipinski definition) is 3. The van der Waals surface area contributed by atoms with Crippen molar-refractivity contribution in [1.29, 1.82) is 0 Å². The Balaban J connectivity index is 1.53. The zero-order chi connectivity index (χ0) is 23.2. The molecule has 7 heteroatoms. The van der Waals surface area contributed by atoms with Gasteiger partial charge in [0, 0.05) is 24.7 Å². The van der Waals surface area contributed by atoms with Crippen LogP contribution >= 0.6 is 0 Å². The molecule has 0 saturated carbocycles. The number of aromatic nitrogens is 1. The Labute approximate surface area is 195 Å². The predicted octanol–water partition coefficient (Wildman–Crippen LogP) is 4.34. The van der Waals surface area contributed by atoms with Gasteiger partial charge in [0.1, 0.15) is 0 Å². The molecule has 2 heterocycles. The summed E-state index contributed by atoms with van der Waals surface area (Å²) in [6.07, 6.45) is 8.20. The van der Waals surface area contributed by atoms with Gasteiger partial charge in [-0.1, -0.05) is 18.2 Å². The maximum atomic E-state index is 12.3. The smallest absolute Gasteiger partial charge is 0.250 e. The van der Waals surface area contributed by atoms with Gasteiger partial charge in [0.15, 0.2) is 0 Å². The first-order valence-corrected chi connectivity index (χ1v) is 13.5. The molecule has 1 fully saturated rings. The number of nitrogens with one attached hydrogen (secondary N) is 1. The highest BCUT2D eigenvalue weighted by Crippen LogP contribution is 2.38. The fourth-order valence-corrected chi connectivity index (χ4v) is 6.62. The maximum absolute atomic E-state index is 12.3. The summed E-state index contributed by atoms with van der Waals surface area (Å²) in [4.78, 5) is 15.6. The van der Waals surface area contributed by atoms with E-state index in [2.05, 4.69) is 29.2 Å². The van der Waals surface area contributed by atoms with E-state index in [-0.39, 0.29) is 11.7 Å². The number of carbonyl (C=O) groups is 1. The number of amides is 1. The second-order valence-corrected chi connectivity index (χ2v) is 11.6. The van der Waals surface area contributed by atoms with Gasteiger partial charge in [-0.2, -0.15) is 0 Å². The van der Waals surface area contributed by atoms with E-state index in [4.69, 9.17) is 5.73 Å². The summed E-state index contributed by atoms with van der Waals surface area (Å²) in [6.45, 7) is 2.75. The van der Waals surface area contributed by atoms with Crippen LogP contribution in [0.1, 0.15) is 65.6 Å². The van der Waals surface area contributed by atoms with Crippen LogP contribution < -0.4 is 5.73 Å². The molecule has 0 radical (unpaired) electrons. The van der Waals surface area contributed by atoms with Gasteiger partial charge in [-0.05, 0) is 91.3 Å². The quantitative estimate of drug-likeness (QED) is 0.587. The highest BCUT2D eigenvalue weighted by atomic mass is 32.2. The normalized spacial score (nSPS) is 17.8. The summed E-state index contributed by atoms with van der Waals surface area (Å²) in [5.74, 6) is -0.0738. The zero-order valence-electron chi connectivity index (χ0n) is 19.1. The largest absolute Gasteiger partial charge is 0.366 e. The molecular formula is C26H31N3O3S. The minimum absolute atomic E-state index is 0.136. The molecule has 6 nitrogen and oxygen atoms in total. The monoisotopic (exact) mass is 465 g/mol. The van der Waals surface area contributed by atoms with Crippen LogP contribution in [0.15, 0.2) is 36.5 Å². The SMILES string of the molecule is CCS(=O)(=O)N1CCC(c2c[nH]c3c(C(N)=O)cc(-c4ccc5c(c4)CCCC5)cc23)CC1. The Kier molecular flexibility index (Phi) is 5.79. The summed E-state index contributed by atoms with van der Waals surface area (Å²) < 4.78 is 26.1. The number of piperidine rings is 1. The standard InChI is InChI=1S/C26H31N3O3S/c1-2-33(31,32)29-11-9-18(10-12-29)24-16-28-25-22(24)14-21(15-23(25)26(27)30)20-8-7-17-5-3-4-6-19(17)13-20/h7-8,13-16,18,28H,2-6,9-12H2,1H3,(H2,27,30). The molecule has 2 aromatic carbocycles. The van der Waals surface area contributed by atoms with Crippen molar-refractivity contribution in [1.82, 2.24) is 9.29 Å². The number of benzene rings is 2. The summed E-state index contributed by atoms with van der Waals surface area (Å²) in [7, 11) is -3.16. The summed E-state index contributed by atoms with van der Waals surface area (Å²) >= 11 is 0. The molecule has 0 spiro atoms. The van der Waals surface area contributed by atoms with E-state index < -0.39 is 15.9 Å². The third kappa shape index (κ3) is 4.08. The Morgan fingerprint density at radius 3 is 2.48 bits per heavy atom. The van der Waals surface area contributed by atoms with E-state index in [9.17, 15) is 13.2 Å². The van der Waals surface area contributed by atoms with Crippen LogP contribution in [-0.2, 0) is 22.9 Å². The van der Waals surface area contributed by atoms with Crippen molar-refractivity contribution in [2.75, 3.05) is 18.8 Å². The third-order valence-corrected chi connectivity index (χ3v) is 9.30. The Hall–Kier alpha value is -2.64. The first-order chi connectivity index (χ1) is 15.9. The van der Waals surface area contributed by atoms with Crippen LogP contribution in [0.3, 0.4) is 0 Å². The molecule has 1 aromatic heterocycles. The average molecular weight is 466 g/mol. The molecule has 174 valence electrons. The first kappa shape index (κ1) is 22.2. The molecule has 3 aromatic rings. The van der Waals surface area contributed by atoms with Crippen molar-refractivity contribution in [3.63, 3.8) is 0 Å². The minimum Gasteiger partial charge on any atom is -0.366 e. The Morgan fingerprint density at radius 1 is 1.06 bits per heavy atom. The fourth-order valence-electron chi connectivity index (χ4n) is 5.49. The van der Waals surface area contributed by atoms with Crippen molar-refractivity contribution < 1.29 is 13.2 Å². The van der Waals surface area contributed by atoms with Crippen LogP contribution in [0.2, 0.25) is 0 Å². The number of nitrogens with two attached hydrogens (primary N) is 1. The molecule has 1 amide bonds. The lowest BCUT2D eigenvalue weighted by atomic mass is 9.87. The average Bonchev–Trinajstić information content (AvgIpc) is 3.27. The van der Waals surface area contributed by atoms with Crippen LogP contribution in [0.5, 0.6) is 0 Å². The second kappa shape index (κ2) is 8.61. The number of H-pyrrole nitrogens is 1. The maximum Gasteiger partial charge on any atom is 0.250 e. The molecule has 1 aliphatic carbocycles. The summed E-state index contributed by atoms with van der Waals surface area (Å²) in [6, 6.07) is 10.7. The van der Waals surface area contributed by atoms with Crippen molar-refractivity contribution in [2.45, 2.75) is 51.4 Å². The highest BCUT2D eigenvalue weighted by molar-refractivity contribution is 7.89. The molecule has 0 unspecified atom stereocenters. The molecule has 0 bridgehead atoms. The van der Waals surface area contributed by atoms with E-state index in [1.165, 1.54) is 24.0 Å². The first-order valence-electron chi connectivity index (χ1n) is 11.9. The van der Waals surface area contributed by atoms with Gasteiger partial charge in [0.05, 0.1) is 16.8 Å². The highest BCUT2D eigenvalue weighted by Gasteiger charge is 2.29. The fraction of sp³-hybridized carbons (Fsp3) is 0.423. The molecule has 5 rings (SSSR count). The van der Waals surface area contributed by atoms with Gasteiger partial charge in [-0.15, -0.1) is 0 Å². The lowest BCUT2D eigenvalue weighted by molar-refractivity contribution is 0.100. The van der Waals surface area contributed by atoms with Crippen molar-refractivity contribution in [3.05, 3.63) is 58.8 Å². The van der Waals surface area contributed by atoms with E-state index in [1.54, 1.807) is 11.2 Å². The number of rotatable bonds is 5. The van der Waals surface area contributed by atoms with Gasteiger partial charge >= 0.3 is 0 Å². The molecule has 1 aliphatic heterocycles. The molecule has 3 N–H and O–H groups in total. The van der Waals surface area contributed by atoms with Gasteiger partial charge in [0.25, 0.3) is 5.91 Å². The molecule has 2 aliphatic rings. The molecule has 1 saturated heterocycles. The van der Waals surface area contributed by atoms with E-state index in [0.29, 0.717) is 18.7 Å². The Bertz CT molecular complexity index is 1320. The number of primary amides is 1. The number of aromatic amines is 1. The number of aryl methyl sites for hydroxylation is 2. The van der Waals surface area contributed by atoms with Crippen LogP contribution in [0.4, 0.5) is 0 Å². The van der Waals surface area contributed by atoms with Crippen molar-refractivity contribution in [2.24, 2.45) is 5.73 Å². The number of sulfonamides is 1. The number of carbonyl (C=O) groups excluding carboxylic acids is 1. The lowest BCUT2D eigenvalue weighted by Gasteiger charge is -2.31. The van der Waals surface area contributed by atoms with E-state index in [1.807, 2.05) is 12.3 Å². The summed E-state index contributed by atoms with van der Waals surface area (Å²) in [5.41, 5.74) is 13.1. The third-order valence-electron chi connectivity index (χ3n) is 7.42. The van der Waals surface area contributed by atoms with Crippen LogP contribution in [-0.4, -0.2) is 42.5 Å². The number of hydrogen-bond donors (Lipinski definition) is 2. The van der Waals surface area contributed by atoms with Gasteiger partial charge in [-0.3, -0.25) is 4.79 Å². The molecule has 0 atom stereocenters. The van der Waals surface area contributed by atoms with Crippen LogP contribution in [0, 0.1) is 0 Å². The molecule has 33 heavy (non-hydrogen) atoms. The second-order valence-electron chi connectivity index (χ2n) is 9.32. The van der Waals surface area contributed by atoms with Gasteiger partial charge < -0.3 is 10.7 Å². The van der Waals surface area contributed by atoms with Gasteiger partial charge in [0.2, 0.25) is 10.0 Å². The van der Waals surface area contributed by atoms with Gasteiger partial charge in [-0.25, -0.2) is 12.7 Å². The summed E-state index contributed by atoms with van der Waals surface area (Å²) in [5, 5.41) is 1.01. The predicted molar refractivity (Wildman–Crippen MR) is 132 cm³/mol. The topological polar surface area (TPSA) is 96.3 Å².